The molecule has 0 aliphatic carbocycles. The minimum atomic E-state index is -0.464. The van der Waals surface area contributed by atoms with Crippen molar-refractivity contribution < 1.29 is 19.1 Å². The number of rotatable bonds is 9. The van der Waals surface area contributed by atoms with E-state index in [1.54, 1.807) is 31.3 Å². The summed E-state index contributed by atoms with van der Waals surface area (Å²) < 4.78 is 5.51. The zero-order valence-corrected chi connectivity index (χ0v) is 14.6. The van der Waals surface area contributed by atoms with Crippen LogP contribution < -0.4 is 10.1 Å². The maximum Gasteiger partial charge on any atom is 0.233 e. The first-order valence-corrected chi connectivity index (χ1v) is 8.69. The average Bonchev–Trinajstić information content (AvgIpc) is 2.66. The lowest BCUT2D eigenvalue weighted by atomic mass is 10.1. The van der Waals surface area contributed by atoms with Crippen LogP contribution in [0.1, 0.15) is 15.9 Å². The van der Waals surface area contributed by atoms with E-state index in [0.717, 1.165) is 17.3 Å². The summed E-state index contributed by atoms with van der Waals surface area (Å²) in [5.74, 6) is 0.296. The van der Waals surface area contributed by atoms with Gasteiger partial charge in [0.1, 0.15) is 5.75 Å². The zero-order valence-electron chi connectivity index (χ0n) is 13.8. The number of benzene rings is 2. The highest BCUT2D eigenvalue weighted by molar-refractivity contribution is 8.13. The molecule has 6 heteroatoms. The number of ether oxygens (including phenoxy) is 1. The minimum absolute atomic E-state index is 0.0365. The molecule has 0 aliphatic heterocycles. The number of nitrogens with one attached hydrogen (secondary N) is 1. The summed E-state index contributed by atoms with van der Waals surface area (Å²) in [6.07, 6.45) is 0.437. The molecule has 1 amide bonds. The molecule has 0 saturated carbocycles. The van der Waals surface area contributed by atoms with E-state index in [2.05, 4.69) is 5.32 Å². The van der Waals surface area contributed by atoms with Gasteiger partial charge in [0.05, 0.1) is 5.25 Å². The molecule has 130 valence electrons. The van der Waals surface area contributed by atoms with Crippen LogP contribution in [-0.4, -0.2) is 36.2 Å². The molecule has 25 heavy (non-hydrogen) atoms. The van der Waals surface area contributed by atoms with Crippen LogP contribution in [0.2, 0.25) is 0 Å². The molecule has 0 spiro atoms. The molecular formula is C19H19NO4S. The summed E-state index contributed by atoms with van der Waals surface area (Å²) in [5.41, 5.74) is 2.19. The molecule has 0 fully saturated rings. The van der Waals surface area contributed by atoms with Gasteiger partial charge in [0.25, 0.3) is 0 Å². The molecule has 1 atom stereocenters. The predicted octanol–water partition coefficient (Wildman–Crippen LogP) is 2.53. The van der Waals surface area contributed by atoms with Gasteiger partial charge >= 0.3 is 0 Å². The molecule has 2 rings (SSSR count). The topological polar surface area (TPSA) is 72.5 Å². The van der Waals surface area contributed by atoms with Gasteiger partial charge in [-0.15, -0.1) is 0 Å². The third kappa shape index (κ3) is 5.76. The van der Waals surface area contributed by atoms with Gasteiger partial charge in [0, 0.05) is 12.6 Å². The number of ketones is 1. The van der Waals surface area contributed by atoms with Crippen molar-refractivity contribution in [3.63, 3.8) is 0 Å². The van der Waals surface area contributed by atoms with Crippen LogP contribution in [0.15, 0.2) is 54.6 Å². The Bertz CT molecular complexity index is 716. The minimum Gasteiger partial charge on any atom is -0.485 e. The molecule has 0 radical (unpaired) electrons. The Balaban J connectivity index is 1.92. The Labute approximate surface area is 150 Å². The van der Waals surface area contributed by atoms with E-state index in [1.165, 1.54) is 0 Å². The standard InChI is InChI=1S/C19H19NO4S/c1-20-19(23)18(25-13-21)11-14-7-9-16(10-8-14)24-12-17(22)15-5-3-2-4-6-15/h2-10,13,18H,11-12H2,1H3,(H,20,23). The molecule has 2 aromatic carbocycles. The lowest BCUT2D eigenvalue weighted by Gasteiger charge is -2.12. The van der Waals surface area contributed by atoms with Gasteiger partial charge in [-0.3, -0.25) is 14.4 Å². The van der Waals surface area contributed by atoms with E-state index < -0.39 is 5.25 Å². The number of carbonyl (C=O) groups excluding carboxylic acids is 3. The maximum atomic E-state index is 12.0. The Morgan fingerprint density at radius 3 is 2.40 bits per heavy atom. The number of thioether (sulfide) groups is 1. The smallest absolute Gasteiger partial charge is 0.233 e. The van der Waals surface area contributed by atoms with Crippen LogP contribution >= 0.6 is 11.8 Å². The summed E-state index contributed by atoms with van der Waals surface area (Å²) in [7, 11) is 1.54. The molecular weight excluding hydrogens is 338 g/mol. The van der Waals surface area contributed by atoms with Crippen LogP contribution in [0.25, 0.3) is 0 Å². The molecule has 1 N–H and O–H groups in total. The molecule has 0 saturated heterocycles. The Morgan fingerprint density at radius 2 is 1.80 bits per heavy atom. The van der Waals surface area contributed by atoms with E-state index in [0.29, 0.717) is 23.4 Å². The number of amides is 1. The molecule has 0 aromatic heterocycles. The molecule has 0 bridgehead atoms. The van der Waals surface area contributed by atoms with Crippen LogP contribution in [0.3, 0.4) is 0 Å². The van der Waals surface area contributed by atoms with Gasteiger partial charge in [-0.2, -0.15) is 0 Å². The second-order valence-corrected chi connectivity index (χ2v) is 6.29. The maximum absolute atomic E-state index is 12.0. The summed E-state index contributed by atoms with van der Waals surface area (Å²) in [6, 6.07) is 16.1. The predicted molar refractivity (Wildman–Crippen MR) is 98.6 cm³/mol. The molecule has 0 aliphatic rings. The Hall–Kier alpha value is -2.60. The summed E-state index contributed by atoms with van der Waals surface area (Å²) in [4.78, 5) is 34.4. The van der Waals surface area contributed by atoms with Gasteiger partial charge in [-0.05, 0) is 24.1 Å². The van der Waals surface area contributed by atoms with Gasteiger partial charge in [0.15, 0.2) is 18.0 Å². The van der Waals surface area contributed by atoms with Gasteiger partial charge in [-0.1, -0.05) is 54.2 Å². The van der Waals surface area contributed by atoms with Gasteiger partial charge in [-0.25, -0.2) is 0 Å². The van der Waals surface area contributed by atoms with Crippen LogP contribution in [0, 0.1) is 0 Å². The summed E-state index contributed by atoms with van der Waals surface area (Å²) >= 11 is 0.951. The quantitative estimate of drug-likeness (QED) is 0.551. The normalized spacial score (nSPS) is 11.4. The first-order chi connectivity index (χ1) is 12.1. The van der Waals surface area contributed by atoms with Crippen molar-refractivity contribution >= 4 is 29.1 Å². The lowest BCUT2D eigenvalue weighted by molar-refractivity contribution is -0.120. The number of Topliss-reactive ketones (excluding diaryl/α,β-unsaturated/α-hetero) is 1. The van der Waals surface area contributed by atoms with E-state index in [1.807, 2.05) is 30.3 Å². The van der Waals surface area contributed by atoms with Crippen molar-refractivity contribution in [1.29, 1.82) is 0 Å². The fourth-order valence-corrected chi connectivity index (χ4v) is 2.89. The largest absolute Gasteiger partial charge is 0.485 e. The fraction of sp³-hybridized carbons (Fsp3) is 0.211. The van der Waals surface area contributed by atoms with Crippen LogP contribution in [-0.2, 0) is 16.0 Å². The third-order valence-electron chi connectivity index (χ3n) is 3.57. The van der Waals surface area contributed by atoms with Crippen molar-refractivity contribution in [1.82, 2.24) is 5.32 Å². The van der Waals surface area contributed by atoms with E-state index in [4.69, 9.17) is 4.74 Å². The SMILES string of the molecule is CNC(=O)C(Cc1ccc(OCC(=O)c2ccccc2)cc1)SC=O. The molecule has 0 heterocycles. The van der Waals surface area contributed by atoms with Gasteiger partial charge < -0.3 is 10.1 Å². The first kappa shape index (κ1) is 18.7. The van der Waals surface area contributed by atoms with E-state index >= 15 is 0 Å². The molecule has 5 nitrogen and oxygen atoms in total. The second kappa shape index (κ2) is 9.64. The van der Waals surface area contributed by atoms with Crippen molar-refractivity contribution in [2.24, 2.45) is 0 Å². The van der Waals surface area contributed by atoms with Crippen molar-refractivity contribution in [2.75, 3.05) is 13.7 Å². The van der Waals surface area contributed by atoms with E-state index in [9.17, 15) is 14.4 Å². The average molecular weight is 357 g/mol. The van der Waals surface area contributed by atoms with Crippen LogP contribution in [0.5, 0.6) is 5.75 Å². The monoisotopic (exact) mass is 357 g/mol. The second-order valence-electron chi connectivity index (χ2n) is 5.26. The van der Waals surface area contributed by atoms with Crippen molar-refractivity contribution in [3.8, 4) is 5.75 Å². The Kier molecular flexibility index (Phi) is 7.22. The number of hydrogen-bond acceptors (Lipinski definition) is 5. The summed E-state index contributed by atoms with van der Waals surface area (Å²) in [5, 5.41) is 2.09. The summed E-state index contributed by atoms with van der Waals surface area (Å²) in [6.45, 7) is -0.0365. The highest BCUT2D eigenvalue weighted by Gasteiger charge is 2.18. The molecule has 2 aromatic rings. The number of hydrogen-bond donors (Lipinski definition) is 1. The Morgan fingerprint density at radius 1 is 1.12 bits per heavy atom. The zero-order chi connectivity index (χ0) is 18.1. The van der Waals surface area contributed by atoms with E-state index in [-0.39, 0.29) is 18.3 Å². The van der Waals surface area contributed by atoms with Crippen molar-refractivity contribution in [3.05, 3.63) is 65.7 Å². The fourth-order valence-electron chi connectivity index (χ4n) is 2.22. The van der Waals surface area contributed by atoms with Crippen LogP contribution in [0.4, 0.5) is 0 Å². The number of carbonyl (C=O) groups is 3. The lowest BCUT2D eigenvalue weighted by Crippen LogP contribution is -2.31. The third-order valence-corrected chi connectivity index (χ3v) is 4.39. The molecule has 1 unspecified atom stereocenters. The van der Waals surface area contributed by atoms with Crippen molar-refractivity contribution in [2.45, 2.75) is 11.7 Å². The first-order valence-electron chi connectivity index (χ1n) is 7.74. The highest BCUT2D eigenvalue weighted by atomic mass is 32.2. The van der Waals surface area contributed by atoms with Gasteiger partial charge in [0.2, 0.25) is 5.91 Å². The highest BCUT2D eigenvalue weighted by Crippen LogP contribution is 2.18.